The molecule has 0 radical (unpaired) electrons. The van der Waals surface area contributed by atoms with Crippen molar-refractivity contribution in [3.63, 3.8) is 0 Å². The van der Waals surface area contributed by atoms with Gasteiger partial charge >= 0.3 is 6.09 Å². The summed E-state index contributed by atoms with van der Waals surface area (Å²) in [6.45, 7) is 6.66. The molecule has 1 aliphatic heterocycles. The minimum atomic E-state index is -1.13. The third-order valence-corrected chi connectivity index (χ3v) is 7.60. The summed E-state index contributed by atoms with van der Waals surface area (Å²) in [7, 11) is 3.74. The Bertz CT molecular complexity index is 1210. The van der Waals surface area contributed by atoms with Gasteiger partial charge in [0.05, 0.1) is 29.7 Å². The highest BCUT2D eigenvalue weighted by Crippen LogP contribution is 2.39. The predicted molar refractivity (Wildman–Crippen MR) is 135 cm³/mol. The van der Waals surface area contributed by atoms with E-state index in [-0.39, 0.29) is 0 Å². The summed E-state index contributed by atoms with van der Waals surface area (Å²) in [6.07, 6.45) is 7.38. The highest BCUT2D eigenvalue weighted by Gasteiger charge is 2.31. The number of carboxylic acid groups (broad SMARTS) is 1. The zero-order valence-corrected chi connectivity index (χ0v) is 20.7. The Morgan fingerprint density at radius 3 is 2.57 bits per heavy atom. The Balaban J connectivity index is 1.44. The molecule has 2 fully saturated rings. The van der Waals surface area contributed by atoms with E-state index in [4.69, 9.17) is 14.8 Å². The molecule has 1 saturated carbocycles. The minimum absolute atomic E-state index is 0.400. The lowest BCUT2D eigenvalue weighted by Crippen LogP contribution is -2.49. The number of amides is 1. The second-order valence-corrected chi connectivity index (χ2v) is 9.74. The number of ether oxygens (including phenoxy) is 1. The third-order valence-electron chi connectivity index (χ3n) is 7.60. The molecular formula is C26H34N6O3. The van der Waals surface area contributed by atoms with E-state index in [0.717, 1.165) is 54.2 Å². The summed E-state index contributed by atoms with van der Waals surface area (Å²) < 4.78 is 7.67. The lowest BCUT2D eigenvalue weighted by molar-refractivity contribution is 0.0872. The highest BCUT2D eigenvalue weighted by atomic mass is 16.5. The van der Waals surface area contributed by atoms with E-state index in [2.05, 4.69) is 31.5 Å². The van der Waals surface area contributed by atoms with Crippen LogP contribution in [0, 0.1) is 6.92 Å². The lowest BCUT2D eigenvalue weighted by atomic mass is 9.84. The van der Waals surface area contributed by atoms with Gasteiger partial charge in [-0.1, -0.05) is 6.07 Å². The van der Waals surface area contributed by atoms with Gasteiger partial charge in [-0.25, -0.2) is 9.78 Å². The molecule has 186 valence electrons. The summed E-state index contributed by atoms with van der Waals surface area (Å²) >= 11 is 0. The van der Waals surface area contributed by atoms with Crippen molar-refractivity contribution in [1.29, 1.82) is 0 Å². The molecule has 3 heterocycles. The highest BCUT2D eigenvalue weighted by molar-refractivity contribution is 5.88. The van der Waals surface area contributed by atoms with Crippen LogP contribution in [0.3, 0.4) is 0 Å². The number of aryl methyl sites for hydroxylation is 1. The monoisotopic (exact) mass is 478 g/mol. The zero-order valence-electron chi connectivity index (χ0n) is 20.7. The predicted octanol–water partition coefficient (Wildman–Crippen LogP) is 4.08. The van der Waals surface area contributed by atoms with E-state index in [1.165, 1.54) is 33.0 Å². The van der Waals surface area contributed by atoms with Crippen LogP contribution in [0.2, 0.25) is 0 Å². The van der Waals surface area contributed by atoms with E-state index in [0.29, 0.717) is 23.4 Å². The normalized spacial score (nSPS) is 21.8. The molecule has 35 heavy (non-hydrogen) atoms. The lowest BCUT2D eigenvalue weighted by Gasteiger charge is -2.41. The van der Waals surface area contributed by atoms with Crippen molar-refractivity contribution in [3.05, 3.63) is 42.1 Å². The molecule has 1 saturated heterocycles. The van der Waals surface area contributed by atoms with Gasteiger partial charge in [0, 0.05) is 56.1 Å². The van der Waals surface area contributed by atoms with Gasteiger partial charge in [-0.2, -0.15) is 0 Å². The fraction of sp³-hybridized carbons (Fsp3) is 0.500. The maximum atomic E-state index is 11.1. The number of nitrogens with one attached hydrogen (secondary N) is 1. The first-order chi connectivity index (χ1) is 16.9. The number of anilines is 1. The summed E-state index contributed by atoms with van der Waals surface area (Å²) in [5.41, 5.74) is 4.05. The number of methoxy groups -OCH3 is 1. The molecule has 1 amide bonds. The van der Waals surface area contributed by atoms with Crippen molar-refractivity contribution >= 4 is 17.3 Å². The SMILES string of the molecule is COc1cc(-c2nc([C@H]3CC[C@@H](N4CCN(C)CC4)CC3)n3ccnc(C)c23)ccc1NC(=O)O. The van der Waals surface area contributed by atoms with Crippen LogP contribution in [-0.4, -0.2) is 81.7 Å². The topological polar surface area (TPSA) is 95.2 Å². The first kappa shape index (κ1) is 23.6. The number of hydrogen-bond acceptors (Lipinski definition) is 6. The number of carbonyl (C=O) groups is 1. The molecule has 2 N–H and O–H groups in total. The van der Waals surface area contributed by atoms with E-state index >= 15 is 0 Å². The van der Waals surface area contributed by atoms with Crippen LogP contribution < -0.4 is 10.1 Å². The number of nitrogens with zero attached hydrogens (tertiary/aromatic N) is 5. The zero-order chi connectivity index (χ0) is 24.5. The van der Waals surface area contributed by atoms with Gasteiger partial charge in [-0.3, -0.25) is 19.6 Å². The molecule has 9 heteroatoms. The summed E-state index contributed by atoms with van der Waals surface area (Å²) in [6, 6.07) is 6.12. The van der Waals surface area contributed by atoms with Crippen molar-refractivity contribution in [1.82, 2.24) is 24.2 Å². The Morgan fingerprint density at radius 2 is 1.89 bits per heavy atom. The third kappa shape index (κ3) is 4.70. The van der Waals surface area contributed by atoms with Gasteiger partial charge in [0.15, 0.2) is 0 Å². The Hall–Kier alpha value is -3.17. The molecule has 0 unspecified atom stereocenters. The Morgan fingerprint density at radius 1 is 1.14 bits per heavy atom. The molecule has 1 aliphatic carbocycles. The van der Waals surface area contributed by atoms with Crippen LogP contribution >= 0.6 is 0 Å². The van der Waals surface area contributed by atoms with Gasteiger partial charge in [0.2, 0.25) is 0 Å². The maximum Gasteiger partial charge on any atom is 0.409 e. The number of hydrogen-bond donors (Lipinski definition) is 2. The first-order valence-electron chi connectivity index (χ1n) is 12.4. The average Bonchev–Trinajstić information content (AvgIpc) is 3.26. The van der Waals surface area contributed by atoms with Crippen LogP contribution in [0.25, 0.3) is 16.8 Å². The van der Waals surface area contributed by atoms with E-state index in [1.54, 1.807) is 6.07 Å². The summed E-state index contributed by atoms with van der Waals surface area (Å²) in [5.74, 6) is 1.95. The second kappa shape index (κ2) is 9.83. The summed E-state index contributed by atoms with van der Waals surface area (Å²) in [4.78, 5) is 25.9. The largest absolute Gasteiger partial charge is 0.495 e. The van der Waals surface area contributed by atoms with Crippen LogP contribution in [0.1, 0.15) is 43.1 Å². The number of piperazine rings is 1. The second-order valence-electron chi connectivity index (χ2n) is 9.74. The average molecular weight is 479 g/mol. The number of fused-ring (bicyclic) bond motifs is 1. The molecular weight excluding hydrogens is 444 g/mol. The molecule has 1 aromatic carbocycles. The molecule has 3 aromatic rings. The number of benzene rings is 1. The fourth-order valence-corrected chi connectivity index (χ4v) is 5.65. The van der Waals surface area contributed by atoms with Crippen molar-refractivity contribution in [2.45, 2.75) is 44.6 Å². The fourth-order valence-electron chi connectivity index (χ4n) is 5.65. The van der Waals surface area contributed by atoms with Gasteiger partial charge in [0.25, 0.3) is 0 Å². The van der Waals surface area contributed by atoms with Crippen LogP contribution in [-0.2, 0) is 0 Å². The molecule has 0 bridgehead atoms. The molecule has 5 rings (SSSR count). The van der Waals surface area contributed by atoms with Crippen LogP contribution in [0.5, 0.6) is 5.75 Å². The number of aromatic nitrogens is 3. The van der Waals surface area contributed by atoms with Gasteiger partial charge in [-0.05, 0) is 51.8 Å². The smallest absolute Gasteiger partial charge is 0.409 e. The standard InChI is InChI=1S/C26H34N6O3/c1-17-24-23(19-6-9-21(28-26(33)34)22(16-19)35-3)29-25(32(24)11-10-27-17)18-4-7-20(8-5-18)31-14-12-30(2)13-15-31/h6,9-11,16,18,20,28H,4-5,7-8,12-15H2,1-3H3,(H,33,34)/t18-,20+. The number of imidazole rings is 1. The van der Waals surface area contributed by atoms with Crippen molar-refractivity contribution in [2.24, 2.45) is 0 Å². The minimum Gasteiger partial charge on any atom is -0.495 e. The molecule has 9 nitrogen and oxygen atoms in total. The maximum absolute atomic E-state index is 11.1. The van der Waals surface area contributed by atoms with Gasteiger partial charge < -0.3 is 14.7 Å². The first-order valence-corrected chi connectivity index (χ1v) is 12.4. The summed E-state index contributed by atoms with van der Waals surface area (Å²) in [5, 5.41) is 11.5. The van der Waals surface area contributed by atoms with E-state index in [1.807, 2.05) is 31.5 Å². The van der Waals surface area contributed by atoms with Gasteiger partial charge in [0.1, 0.15) is 11.6 Å². The Kier molecular flexibility index (Phi) is 6.62. The molecule has 0 atom stereocenters. The number of rotatable bonds is 5. The van der Waals surface area contributed by atoms with Crippen molar-refractivity contribution in [2.75, 3.05) is 45.7 Å². The van der Waals surface area contributed by atoms with Crippen molar-refractivity contribution < 1.29 is 14.6 Å². The van der Waals surface area contributed by atoms with E-state index in [9.17, 15) is 4.79 Å². The molecule has 2 aromatic heterocycles. The molecule has 2 aliphatic rings. The quantitative estimate of drug-likeness (QED) is 0.571. The van der Waals surface area contributed by atoms with Gasteiger partial charge in [-0.15, -0.1) is 0 Å². The van der Waals surface area contributed by atoms with Crippen LogP contribution in [0.15, 0.2) is 30.6 Å². The van der Waals surface area contributed by atoms with Crippen molar-refractivity contribution in [3.8, 4) is 17.0 Å². The molecule has 0 spiro atoms. The Labute approximate surface area is 205 Å². The van der Waals surface area contributed by atoms with Crippen LogP contribution in [0.4, 0.5) is 10.5 Å². The number of likely N-dealkylation sites (N-methyl/N-ethyl adjacent to an activating group) is 1. The van der Waals surface area contributed by atoms with E-state index < -0.39 is 6.09 Å².